The van der Waals surface area contributed by atoms with Crippen LogP contribution in [0, 0.1) is 5.92 Å². The summed E-state index contributed by atoms with van der Waals surface area (Å²) in [5, 5.41) is 0. The Morgan fingerprint density at radius 3 is 2.33 bits per heavy atom. The molecule has 1 fully saturated rings. The molecule has 0 aromatic carbocycles. The van der Waals surface area contributed by atoms with E-state index in [1.807, 2.05) is 33.8 Å². The van der Waals surface area contributed by atoms with Crippen molar-refractivity contribution in [1.82, 2.24) is 0 Å². The number of hydrogen-bond donors (Lipinski definition) is 0. The lowest BCUT2D eigenvalue weighted by Crippen LogP contribution is -2.09. The molecule has 3 heteroatoms. The van der Waals surface area contributed by atoms with Gasteiger partial charge in [0.25, 0.3) is 0 Å². The van der Waals surface area contributed by atoms with E-state index < -0.39 is 17.9 Å². The van der Waals surface area contributed by atoms with Crippen LogP contribution in [0.4, 0.5) is 0 Å². The quantitative estimate of drug-likeness (QED) is 0.303. The van der Waals surface area contributed by atoms with E-state index in [0.717, 1.165) is 11.1 Å². The summed E-state index contributed by atoms with van der Waals surface area (Å²) in [5.74, 6) is -1.31. The molecule has 15 heavy (non-hydrogen) atoms. The summed E-state index contributed by atoms with van der Waals surface area (Å²) in [7, 11) is 0. The van der Waals surface area contributed by atoms with E-state index in [2.05, 4.69) is 4.74 Å². The van der Waals surface area contributed by atoms with Gasteiger partial charge in [-0.1, -0.05) is 17.2 Å². The van der Waals surface area contributed by atoms with Gasteiger partial charge in [0.15, 0.2) is 0 Å². The van der Waals surface area contributed by atoms with E-state index in [-0.39, 0.29) is 0 Å². The fraction of sp³-hybridized carbons (Fsp3) is 0.500. The Bertz CT molecular complexity index is 353. The van der Waals surface area contributed by atoms with Crippen LogP contribution in [-0.4, -0.2) is 11.9 Å². The highest BCUT2D eigenvalue weighted by Crippen LogP contribution is 2.29. The maximum atomic E-state index is 11.4. The van der Waals surface area contributed by atoms with E-state index in [1.165, 1.54) is 0 Å². The average Bonchev–Trinajstić information content (AvgIpc) is 2.37. The summed E-state index contributed by atoms with van der Waals surface area (Å²) in [4.78, 5) is 22.8. The average molecular weight is 208 g/mol. The molecule has 0 aliphatic carbocycles. The van der Waals surface area contributed by atoms with Crippen molar-refractivity contribution in [3.05, 3.63) is 22.8 Å². The van der Waals surface area contributed by atoms with Crippen LogP contribution in [0.5, 0.6) is 0 Å². The van der Waals surface area contributed by atoms with Gasteiger partial charge in [-0.2, -0.15) is 0 Å². The van der Waals surface area contributed by atoms with Crippen LogP contribution in [0.25, 0.3) is 0 Å². The molecule has 1 aliphatic heterocycles. The standard InChI is InChI=1S/C12H16O3/c1-7(2)5-6-9-10(8(3)4)12(14)15-11(9)13/h5,9H,6H2,1-4H3. The van der Waals surface area contributed by atoms with Gasteiger partial charge in [-0.3, -0.25) is 4.79 Å². The smallest absolute Gasteiger partial charge is 0.342 e. The van der Waals surface area contributed by atoms with Gasteiger partial charge in [0.1, 0.15) is 0 Å². The zero-order chi connectivity index (χ0) is 11.6. The first kappa shape index (κ1) is 11.7. The van der Waals surface area contributed by atoms with E-state index in [4.69, 9.17) is 0 Å². The molecule has 1 rings (SSSR count). The number of allylic oxidation sites excluding steroid dienone is 3. The minimum atomic E-state index is -0.479. The normalized spacial score (nSPS) is 20.3. The molecule has 3 nitrogen and oxygen atoms in total. The lowest BCUT2D eigenvalue weighted by Gasteiger charge is -2.04. The molecule has 0 bridgehead atoms. The summed E-state index contributed by atoms with van der Waals surface area (Å²) < 4.78 is 4.62. The van der Waals surface area contributed by atoms with Crippen LogP contribution in [0.1, 0.15) is 34.1 Å². The molecule has 0 aromatic rings. The molecule has 1 saturated heterocycles. The fourth-order valence-electron chi connectivity index (χ4n) is 1.60. The van der Waals surface area contributed by atoms with Crippen LogP contribution in [0.3, 0.4) is 0 Å². The number of ether oxygens (including phenoxy) is 1. The van der Waals surface area contributed by atoms with Crippen LogP contribution in [0.15, 0.2) is 22.8 Å². The van der Waals surface area contributed by atoms with Crippen LogP contribution >= 0.6 is 0 Å². The van der Waals surface area contributed by atoms with Crippen LogP contribution in [-0.2, 0) is 14.3 Å². The minimum absolute atomic E-state index is 0.405. The Balaban J connectivity index is 2.95. The molecule has 0 aromatic heterocycles. The second-order valence-electron chi connectivity index (χ2n) is 4.19. The number of cyclic esters (lactones) is 2. The number of esters is 2. The molecule has 1 atom stereocenters. The van der Waals surface area contributed by atoms with Crippen molar-refractivity contribution in [3.8, 4) is 0 Å². The Kier molecular flexibility index (Phi) is 3.45. The topological polar surface area (TPSA) is 43.4 Å². The molecule has 0 amide bonds. The predicted octanol–water partition coefficient (Wildman–Crippen LogP) is 2.38. The Morgan fingerprint density at radius 1 is 1.27 bits per heavy atom. The molecule has 1 heterocycles. The molecular weight excluding hydrogens is 192 g/mol. The molecule has 0 spiro atoms. The summed E-state index contributed by atoms with van der Waals surface area (Å²) in [6.45, 7) is 7.57. The van der Waals surface area contributed by atoms with Gasteiger partial charge in [-0.25, -0.2) is 4.79 Å². The number of carbonyl (C=O) groups excluding carboxylic acids is 2. The molecule has 1 aliphatic rings. The Hall–Kier alpha value is -1.38. The van der Waals surface area contributed by atoms with Crippen molar-refractivity contribution >= 4 is 11.9 Å². The van der Waals surface area contributed by atoms with E-state index in [0.29, 0.717) is 12.0 Å². The molecular formula is C12H16O3. The highest BCUT2D eigenvalue weighted by molar-refractivity contribution is 6.07. The fourth-order valence-corrected chi connectivity index (χ4v) is 1.60. The maximum Gasteiger partial charge on any atom is 0.342 e. The van der Waals surface area contributed by atoms with E-state index in [9.17, 15) is 9.59 Å². The Labute approximate surface area is 89.8 Å². The molecule has 1 unspecified atom stereocenters. The zero-order valence-corrected chi connectivity index (χ0v) is 9.59. The minimum Gasteiger partial charge on any atom is -0.389 e. The summed E-state index contributed by atoms with van der Waals surface area (Å²) in [6.07, 6.45) is 2.50. The molecule has 0 saturated carbocycles. The van der Waals surface area contributed by atoms with Gasteiger partial charge >= 0.3 is 11.9 Å². The van der Waals surface area contributed by atoms with Crippen molar-refractivity contribution < 1.29 is 14.3 Å². The van der Waals surface area contributed by atoms with Crippen LogP contribution < -0.4 is 0 Å². The summed E-state index contributed by atoms with van der Waals surface area (Å²) >= 11 is 0. The maximum absolute atomic E-state index is 11.4. The monoisotopic (exact) mass is 208 g/mol. The number of rotatable bonds is 2. The van der Waals surface area contributed by atoms with Crippen molar-refractivity contribution in [1.29, 1.82) is 0 Å². The third-order valence-corrected chi connectivity index (χ3v) is 2.35. The van der Waals surface area contributed by atoms with Crippen molar-refractivity contribution in [2.24, 2.45) is 5.92 Å². The second-order valence-corrected chi connectivity index (χ2v) is 4.19. The van der Waals surface area contributed by atoms with Crippen molar-refractivity contribution in [3.63, 3.8) is 0 Å². The molecule has 0 radical (unpaired) electrons. The summed E-state index contributed by atoms with van der Waals surface area (Å²) in [6, 6.07) is 0. The van der Waals surface area contributed by atoms with Crippen molar-refractivity contribution in [2.75, 3.05) is 0 Å². The van der Waals surface area contributed by atoms with Gasteiger partial charge in [-0.15, -0.1) is 0 Å². The van der Waals surface area contributed by atoms with Crippen LogP contribution in [0.2, 0.25) is 0 Å². The first-order chi connectivity index (χ1) is 6.93. The SMILES string of the molecule is CC(C)=CCC1C(=O)OC(=O)C1=C(C)C. The zero-order valence-electron chi connectivity index (χ0n) is 9.59. The van der Waals surface area contributed by atoms with Gasteiger partial charge in [-0.05, 0) is 34.1 Å². The van der Waals surface area contributed by atoms with E-state index in [1.54, 1.807) is 0 Å². The number of hydrogen-bond acceptors (Lipinski definition) is 3. The first-order valence-corrected chi connectivity index (χ1v) is 5.00. The van der Waals surface area contributed by atoms with Gasteiger partial charge in [0, 0.05) is 0 Å². The number of carbonyl (C=O) groups is 2. The highest BCUT2D eigenvalue weighted by atomic mass is 16.6. The highest BCUT2D eigenvalue weighted by Gasteiger charge is 2.38. The van der Waals surface area contributed by atoms with Gasteiger partial charge in [0.05, 0.1) is 11.5 Å². The van der Waals surface area contributed by atoms with Gasteiger partial charge < -0.3 is 4.74 Å². The Morgan fingerprint density at radius 2 is 1.87 bits per heavy atom. The molecule has 0 N–H and O–H groups in total. The lowest BCUT2D eigenvalue weighted by atomic mass is 9.94. The van der Waals surface area contributed by atoms with Gasteiger partial charge in [0.2, 0.25) is 0 Å². The summed E-state index contributed by atoms with van der Waals surface area (Å²) in [5.41, 5.74) is 2.52. The lowest BCUT2D eigenvalue weighted by molar-refractivity contribution is -0.152. The molecule has 82 valence electrons. The third-order valence-electron chi connectivity index (χ3n) is 2.35. The predicted molar refractivity (Wildman–Crippen MR) is 57.0 cm³/mol. The first-order valence-electron chi connectivity index (χ1n) is 5.00. The van der Waals surface area contributed by atoms with E-state index >= 15 is 0 Å². The van der Waals surface area contributed by atoms with Crippen molar-refractivity contribution in [2.45, 2.75) is 34.1 Å². The third kappa shape index (κ3) is 2.55. The largest absolute Gasteiger partial charge is 0.389 e. The second kappa shape index (κ2) is 4.43.